The van der Waals surface area contributed by atoms with Crippen LogP contribution in [0.5, 0.6) is 0 Å². The molecule has 1 aliphatic heterocycles. The largest absolute Gasteiger partial charge is 0.381 e. The first-order chi connectivity index (χ1) is 9.52. The number of nitrogens with one attached hydrogen (secondary N) is 1. The number of likely N-dealkylation sites (tertiary alicyclic amines) is 1. The van der Waals surface area contributed by atoms with Crippen LogP contribution in [0.3, 0.4) is 0 Å². The van der Waals surface area contributed by atoms with E-state index in [0.717, 1.165) is 57.1 Å². The zero-order valence-corrected chi connectivity index (χ0v) is 14.0. The lowest BCUT2D eigenvalue weighted by atomic mass is 9.92. The van der Waals surface area contributed by atoms with Gasteiger partial charge in [0.15, 0.2) is 5.96 Å². The molecule has 0 spiro atoms. The highest BCUT2D eigenvalue weighted by Crippen LogP contribution is 2.20. The van der Waals surface area contributed by atoms with Crippen LogP contribution < -0.4 is 5.32 Å². The zero-order chi connectivity index (χ0) is 15.0. The van der Waals surface area contributed by atoms with Crippen molar-refractivity contribution in [3.63, 3.8) is 0 Å². The Bertz CT molecular complexity index is 281. The van der Waals surface area contributed by atoms with Crippen LogP contribution in [0, 0.1) is 17.8 Å². The highest BCUT2D eigenvalue weighted by atomic mass is 16.5. The van der Waals surface area contributed by atoms with Crippen LogP contribution in [0.25, 0.3) is 0 Å². The van der Waals surface area contributed by atoms with Crippen molar-refractivity contribution in [2.24, 2.45) is 22.7 Å². The summed E-state index contributed by atoms with van der Waals surface area (Å²) in [5.41, 5.74) is 0. The highest BCUT2D eigenvalue weighted by molar-refractivity contribution is 5.79. The number of hydrogen-bond acceptors (Lipinski definition) is 2. The topological polar surface area (TPSA) is 36.9 Å². The van der Waals surface area contributed by atoms with Gasteiger partial charge in [-0.15, -0.1) is 0 Å². The van der Waals surface area contributed by atoms with Crippen molar-refractivity contribution in [1.82, 2.24) is 10.2 Å². The van der Waals surface area contributed by atoms with E-state index in [9.17, 15) is 0 Å². The fourth-order valence-electron chi connectivity index (χ4n) is 2.86. The quantitative estimate of drug-likeness (QED) is 0.462. The number of hydrogen-bond donors (Lipinski definition) is 1. The van der Waals surface area contributed by atoms with Crippen LogP contribution in [-0.4, -0.2) is 50.8 Å². The lowest BCUT2D eigenvalue weighted by molar-refractivity contribution is 0.108. The molecule has 0 bridgehead atoms. The first kappa shape index (κ1) is 17.3. The van der Waals surface area contributed by atoms with Crippen molar-refractivity contribution in [2.75, 3.05) is 39.9 Å². The van der Waals surface area contributed by atoms with Crippen LogP contribution in [0.2, 0.25) is 0 Å². The summed E-state index contributed by atoms with van der Waals surface area (Å²) in [5.74, 6) is 3.18. The average molecular weight is 283 g/mol. The summed E-state index contributed by atoms with van der Waals surface area (Å²) in [6.45, 7) is 13.9. The molecule has 0 aliphatic carbocycles. The molecule has 0 radical (unpaired) electrons. The Kier molecular flexibility index (Phi) is 7.97. The number of aliphatic imine (C=N–C) groups is 1. The van der Waals surface area contributed by atoms with E-state index in [1.165, 1.54) is 6.42 Å². The van der Waals surface area contributed by atoms with Crippen molar-refractivity contribution >= 4 is 5.96 Å². The molecule has 1 saturated heterocycles. The van der Waals surface area contributed by atoms with E-state index in [4.69, 9.17) is 4.74 Å². The number of piperidine rings is 1. The van der Waals surface area contributed by atoms with Crippen LogP contribution in [0.4, 0.5) is 0 Å². The second-order valence-corrected chi connectivity index (χ2v) is 6.65. The number of nitrogens with zero attached hydrogens (tertiary/aromatic N) is 2. The molecule has 2 atom stereocenters. The molecule has 0 aromatic heterocycles. The Hall–Kier alpha value is -0.770. The Labute approximate surface area is 125 Å². The second-order valence-electron chi connectivity index (χ2n) is 6.65. The third kappa shape index (κ3) is 6.60. The summed E-state index contributed by atoms with van der Waals surface area (Å²) in [6, 6.07) is 0. The van der Waals surface area contributed by atoms with Crippen molar-refractivity contribution in [3.05, 3.63) is 0 Å². The lowest BCUT2D eigenvalue weighted by Crippen LogP contribution is -2.48. The van der Waals surface area contributed by atoms with Crippen molar-refractivity contribution < 1.29 is 4.74 Å². The van der Waals surface area contributed by atoms with Gasteiger partial charge in [0.1, 0.15) is 0 Å². The molecule has 1 N–H and O–H groups in total. The first-order valence-electron chi connectivity index (χ1n) is 8.06. The van der Waals surface area contributed by atoms with Crippen molar-refractivity contribution in [1.29, 1.82) is 0 Å². The molecule has 1 heterocycles. The van der Waals surface area contributed by atoms with Crippen LogP contribution in [0.1, 0.15) is 40.5 Å². The maximum Gasteiger partial charge on any atom is 0.193 e. The minimum atomic E-state index is 0.618. The summed E-state index contributed by atoms with van der Waals surface area (Å²) >= 11 is 0. The van der Waals surface area contributed by atoms with Gasteiger partial charge in [0.05, 0.1) is 0 Å². The molecule has 1 fully saturated rings. The van der Waals surface area contributed by atoms with Crippen LogP contribution in [-0.2, 0) is 4.74 Å². The van der Waals surface area contributed by atoms with Gasteiger partial charge in [-0.3, -0.25) is 4.99 Å². The minimum absolute atomic E-state index is 0.618. The molecule has 2 unspecified atom stereocenters. The van der Waals surface area contributed by atoms with E-state index >= 15 is 0 Å². The van der Waals surface area contributed by atoms with Gasteiger partial charge in [0.25, 0.3) is 0 Å². The molecule has 4 heteroatoms. The highest BCUT2D eigenvalue weighted by Gasteiger charge is 2.23. The monoisotopic (exact) mass is 283 g/mol. The van der Waals surface area contributed by atoms with E-state index in [2.05, 4.69) is 42.9 Å². The fourth-order valence-corrected chi connectivity index (χ4v) is 2.86. The Morgan fingerprint density at radius 1 is 1.30 bits per heavy atom. The SMILES string of the molecule is CN=C(NCCCOCC(C)C)N1CC(C)CC(C)C1. The van der Waals surface area contributed by atoms with Gasteiger partial charge in [0.2, 0.25) is 0 Å². The molecule has 0 saturated carbocycles. The van der Waals surface area contributed by atoms with E-state index in [1.807, 2.05) is 7.05 Å². The van der Waals surface area contributed by atoms with E-state index < -0.39 is 0 Å². The molecule has 20 heavy (non-hydrogen) atoms. The first-order valence-corrected chi connectivity index (χ1v) is 8.06. The maximum absolute atomic E-state index is 5.60. The van der Waals surface area contributed by atoms with Crippen molar-refractivity contribution in [3.8, 4) is 0 Å². The average Bonchev–Trinajstić information content (AvgIpc) is 2.36. The molecule has 0 amide bonds. The maximum atomic E-state index is 5.60. The van der Waals surface area contributed by atoms with Gasteiger partial charge in [-0.1, -0.05) is 27.7 Å². The molecular weight excluding hydrogens is 250 g/mol. The summed E-state index contributed by atoms with van der Waals surface area (Å²) < 4.78 is 5.60. The summed E-state index contributed by atoms with van der Waals surface area (Å²) in [4.78, 5) is 6.81. The molecular formula is C16H33N3O. The third-order valence-electron chi connectivity index (χ3n) is 3.58. The van der Waals surface area contributed by atoms with Gasteiger partial charge < -0.3 is 15.0 Å². The van der Waals surface area contributed by atoms with Crippen molar-refractivity contribution in [2.45, 2.75) is 40.5 Å². The van der Waals surface area contributed by atoms with E-state index in [-0.39, 0.29) is 0 Å². The van der Waals surface area contributed by atoms with Gasteiger partial charge >= 0.3 is 0 Å². The standard InChI is InChI=1S/C16H33N3O/c1-13(2)12-20-8-6-7-18-16(17-5)19-10-14(3)9-15(4)11-19/h13-15H,6-12H2,1-5H3,(H,17,18). The predicted octanol–water partition coefficient (Wildman–Crippen LogP) is 2.60. The smallest absolute Gasteiger partial charge is 0.193 e. The summed E-state index contributed by atoms with van der Waals surface area (Å²) in [7, 11) is 1.88. The number of rotatable bonds is 6. The van der Waals surface area contributed by atoms with Gasteiger partial charge in [-0.2, -0.15) is 0 Å². The Morgan fingerprint density at radius 2 is 1.95 bits per heavy atom. The summed E-state index contributed by atoms with van der Waals surface area (Å²) in [6.07, 6.45) is 2.36. The van der Waals surface area contributed by atoms with E-state index in [1.54, 1.807) is 0 Å². The molecule has 1 aliphatic rings. The minimum Gasteiger partial charge on any atom is -0.381 e. The second kappa shape index (κ2) is 9.22. The Morgan fingerprint density at radius 3 is 2.50 bits per heavy atom. The predicted molar refractivity (Wildman–Crippen MR) is 86.2 cm³/mol. The fraction of sp³-hybridized carbons (Fsp3) is 0.938. The van der Waals surface area contributed by atoms with Gasteiger partial charge in [-0.05, 0) is 30.6 Å². The third-order valence-corrected chi connectivity index (χ3v) is 3.58. The zero-order valence-electron chi connectivity index (χ0n) is 14.0. The lowest BCUT2D eigenvalue weighted by Gasteiger charge is -2.37. The molecule has 118 valence electrons. The number of guanidine groups is 1. The molecule has 0 aromatic carbocycles. The summed E-state index contributed by atoms with van der Waals surface area (Å²) in [5, 5.41) is 3.46. The molecule has 0 aromatic rings. The molecule has 4 nitrogen and oxygen atoms in total. The Balaban J connectivity index is 2.23. The van der Waals surface area contributed by atoms with E-state index in [0.29, 0.717) is 5.92 Å². The van der Waals surface area contributed by atoms with Crippen LogP contribution >= 0.6 is 0 Å². The normalized spacial score (nSPS) is 24.3. The van der Waals surface area contributed by atoms with Gasteiger partial charge in [-0.25, -0.2) is 0 Å². The molecule has 1 rings (SSSR count). The van der Waals surface area contributed by atoms with Crippen LogP contribution in [0.15, 0.2) is 4.99 Å². The number of ether oxygens (including phenoxy) is 1. The van der Waals surface area contributed by atoms with Gasteiger partial charge in [0, 0.05) is 39.9 Å².